The van der Waals surface area contributed by atoms with Gasteiger partial charge in [-0.3, -0.25) is 4.79 Å². The molecule has 0 unspecified atom stereocenters. The number of methoxy groups -OCH3 is 2. The standard InChI is InChI=1S/C43H44O13/c1-23-48-21-34-39(54-23)40(49-18-24-10-6-4-7-11-24)41(50-19-25-12-8-5-9-13-25)43(55-34)56-38-28-17-31-30(52-22-53-31)16-27(28)35(36-29(38)20-51-42(36)45)26-14-32(46-2)37(44)33(15-26)47-3/h4-17,23,29,34-36,38-41,43-44H,18-22H2,1-3H3/t23-,29+,34-,35-,36+,38-,39-,40+,41-,43+/m1/s1. The largest absolute Gasteiger partial charge is 0.502 e. The van der Waals surface area contributed by atoms with Gasteiger partial charge in [-0.25, -0.2) is 0 Å². The summed E-state index contributed by atoms with van der Waals surface area (Å²) in [5.74, 6) is -0.729. The number of hydrogen-bond donors (Lipinski definition) is 1. The van der Waals surface area contributed by atoms with Gasteiger partial charge in [-0.2, -0.15) is 0 Å². The minimum atomic E-state index is -0.994. The summed E-state index contributed by atoms with van der Waals surface area (Å²) >= 11 is 0. The lowest BCUT2D eigenvalue weighted by Gasteiger charge is -2.50. The number of rotatable bonds is 11. The van der Waals surface area contributed by atoms with Gasteiger partial charge in [0.05, 0.1) is 52.7 Å². The molecule has 10 atom stereocenters. The molecule has 13 nitrogen and oxygen atoms in total. The number of phenolic OH excluding ortho intramolecular Hbond substituents is 1. The second kappa shape index (κ2) is 15.6. The molecule has 4 aromatic rings. The highest BCUT2D eigenvalue weighted by molar-refractivity contribution is 5.79. The van der Waals surface area contributed by atoms with Crippen LogP contribution in [0.25, 0.3) is 0 Å². The minimum absolute atomic E-state index is 0.0488. The van der Waals surface area contributed by atoms with Crippen molar-refractivity contribution in [2.24, 2.45) is 11.8 Å². The van der Waals surface area contributed by atoms with Gasteiger partial charge < -0.3 is 57.2 Å². The molecule has 1 N–H and O–H groups in total. The zero-order valence-corrected chi connectivity index (χ0v) is 31.2. The fraction of sp³-hybridized carbons (Fsp3) is 0.419. The Bertz CT molecular complexity index is 2000. The van der Waals surface area contributed by atoms with Gasteiger partial charge in [0.15, 0.2) is 35.6 Å². The molecule has 294 valence electrons. The molecule has 4 heterocycles. The van der Waals surface area contributed by atoms with Gasteiger partial charge in [0.1, 0.15) is 24.4 Å². The van der Waals surface area contributed by atoms with Crippen LogP contribution >= 0.6 is 0 Å². The van der Waals surface area contributed by atoms with Gasteiger partial charge in [-0.05, 0) is 59.0 Å². The van der Waals surface area contributed by atoms with E-state index >= 15 is 0 Å². The first-order valence-electron chi connectivity index (χ1n) is 18.8. The fourth-order valence-electron chi connectivity index (χ4n) is 8.60. The molecular formula is C43H44O13. The van der Waals surface area contributed by atoms with E-state index in [-0.39, 0.29) is 49.8 Å². The maximum absolute atomic E-state index is 13.9. The number of benzene rings is 4. The van der Waals surface area contributed by atoms with Crippen LogP contribution in [-0.2, 0) is 51.2 Å². The zero-order valence-electron chi connectivity index (χ0n) is 31.2. The van der Waals surface area contributed by atoms with Gasteiger partial charge in [0.2, 0.25) is 12.5 Å². The van der Waals surface area contributed by atoms with Crippen molar-refractivity contribution in [3.63, 3.8) is 0 Å². The van der Waals surface area contributed by atoms with Gasteiger partial charge in [0, 0.05) is 11.8 Å². The molecule has 13 heteroatoms. The smallest absolute Gasteiger partial charge is 0.310 e. The normalized spacial score (nSPS) is 30.2. The Morgan fingerprint density at radius 2 is 1.38 bits per heavy atom. The van der Waals surface area contributed by atoms with Crippen LogP contribution in [0.5, 0.6) is 28.7 Å². The number of hydrogen-bond acceptors (Lipinski definition) is 13. The van der Waals surface area contributed by atoms with Crippen molar-refractivity contribution in [2.75, 3.05) is 34.2 Å². The average Bonchev–Trinajstić information content (AvgIpc) is 3.85. The predicted octanol–water partition coefficient (Wildman–Crippen LogP) is 5.79. The number of esters is 1. The predicted molar refractivity (Wildman–Crippen MR) is 196 cm³/mol. The topological polar surface area (TPSA) is 139 Å². The maximum atomic E-state index is 13.9. The van der Waals surface area contributed by atoms with Crippen LogP contribution in [0.1, 0.15) is 46.8 Å². The average molecular weight is 769 g/mol. The summed E-state index contributed by atoms with van der Waals surface area (Å²) in [6, 6.07) is 27.0. The van der Waals surface area contributed by atoms with E-state index in [1.165, 1.54) is 14.2 Å². The second-order valence-electron chi connectivity index (χ2n) is 14.5. The first kappa shape index (κ1) is 36.7. The van der Waals surface area contributed by atoms with E-state index in [9.17, 15) is 9.90 Å². The Morgan fingerprint density at radius 3 is 2.02 bits per heavy atom. The molecule has 1 aliphatic carbocycles. The van der Waals surface area contributed by atoms with Gasteiger partial charge in [0.25, 0.3) is 0 Å². The van der Waals surface area contributed by atoms with Crippen molar-refractivity contribution in [3.8, 4) is 28.7 Å². The molecule has 5 aliphatic rings. The van der Waals surface area contributed by atoms with Crippen LogP contribution in [0.4, 0.5) is 0 Å². The first-order chi connectivity index (χ1) is 27.4. The third kappa shape index (κ3) is 6.82. The highest BCUT2D eigenvalue weighted by Gasteiger charge is 2.57. The molecule has 0 aromatic heterocycles. The Labute approximate surface area is 324 Å². The van der Waals surface area contributed by atoms with Gasteiger partial charge in [-0.15, -0.1) is 0 Å². The molecule has 3 fully saturated rings. The summed E-state index contributed by atoms with van der Waals surface area (Å²) < 4.78 is 68.4. The number of phenols is 1. The Balaban J connectivity index is 1.13. The van der Waals surface area contributed by atoms with E-state index in [0.717, 1.165) is 22.3 Å². The molecule has 4 aliphatic heterocycles. The minimum Gasteiger partial charge on any atom is -0.502 e. The molecule has 0 bridgehead atoms. The van der Waals surface area contributed by atoms with E-state index in [1.807, 2.05) is 79.7 Å². The summed E-state index contributed by atoms with van der Waals surface area (Å²) in [6.45, 7) is 2.80. The first-order valence-corrected chi connectivity index (χ1v) is 18.8. The van der Waals surface area contributed by atoms with Gasteiger partial charge in [-0.1, -0.05) is 60.7 Å². The van der Waals surface area contributed by atoms with Crippen LogP contribution < -0.4 is 18.9 Å². The Kier molecular flexibility index (Phi) is 10.2. The SMILES string of the molecule is COc1cc([C@@H]2c3cc4c(cc3[C@@H](O[C@@H]3O[C@@H]5CO[C@@H](C)O[C@H]5[C@H](OCc5ccccc5)[C@H]3OCc3ccccc3)[C@H]3COC(=O)[C@H]23)OCO4)cc(OC)c1O. The molecule has 0 radical (unpaired) electrons. The number of aromatic hydroxyl groups is 1. The lowest BCUT2D eigenvalue weighted by molar-refractivity contribution is -0.375. The summed E-state index contributed by atoms with van der Waals surface area (Å²) in [5, 5.41) is 10.8. The molecule has 3 saturated heterocycles. The number of fused-ring (bicyclic) bond motifs is 4. The number of cyclic esters (lactones) is 1. The van der Waals surface area contributed by atoms with Crippen LogP contribution in [0.3, 0.4) is 0 Å². The summed E-state index contributed by atoms with van der Waals surface area (Å²) in [5.41, 5.74) is 4.17. The van der Waals surface area contributed by atoms with Crippen molar-refractivity contribution in [1.29, 1.82) is 0 Å². The zero-order chi connectivity index (χ0) is 38.3. The summed E-state index contributed by atoms with van der Waals surface area (Å²) in [6.07, 6.45) is -4.68. The highest BCUT2D eigenvalue weighted by atomic mass is 16.8. The van der Waals surface area contributed by atoms with Gasteiger partial charge >= 0.3 is 5.97 Å². The van der Waals surface area contributed by atoms with E-state index in [2.05, 4.69) is 0 Å². The fourth-order valence-corrected chi connectivity index (χ4v) is 8.60. The van der Waals surface area contributed by atoms with Crippen LogP contribution in [0.15, 0.2) is 84.9 Å². The molecule has 0 amide bonds. The van der Waals surface area contributed by atoms with Crippen LogP contribution in [0, 0.1) is 11.8 Å². The van der Waals surface area contributed by atoms with E-state index in [0.29, 0.717) is 23.7 Å². The number of ether oxygens (including phenoxy) is 11. The summed E-state index contributed by atoms with van der Waals surface area (Å²) in [7, 11) is 2.93. The third-order valence-electron chi connectivity index (χ3n) is 11.3. The van der Waals surface area contributed by atoms with E-state index < -0.39 is 60.9 Å². The lowest BCUT2D eigenvalue weighted by Crippen LogP contribution is -2.64. The Hall–Kier alpha value is -4.89. The molecule has 4 aromatic carbocycles. The van der Waals surface area contributed by atoms with Crippen molar-refractivity contribution >= 4 is 5.97 Å². The van der Waals surface area contributed by atoms with E-state index in [1.54, 1.807) is 12.1 Å². The number of carbonyl (C=O) groups excluding carboxylic acids is 1. The molecule has 0 saturated carbocycles. The van der Waals surface area contributed by atoms with E-state index in [4.69, 9.17) is 52.1 Å². The summed E-state index contributed by atoms with van der Waals surface area (Å²) in [4.78, 5) is 13.9. The Morgan fingerprint density at radius 1 is 0.750 bits per heavy atom. The van der Waals surface area contributed by atoms with Crippen LogP contribution in [-0.4, -0.2) is 82.3 Å². The van der Waals surface area contributed by atoms with Crippen molar-refractivity contribution in [3.05, 3.63) is 113 Å². The highest BCUT2D eigenvalue weighted by Crippen LogP contribution is 2.57. The monoisotopic (exact) mass is 768 g/mol. The second-order valence-corrected chi connectivity index (χ2v) is 14.5. The molecule has 56 heavy (non-hydrogen) atoms. The molecule has 9 rings (SSSR count). The third-order valence-corrected chi connectivity index (χ3v) is 11.3. The quantitative estimate of drug-likeness (QED) is 0.185. The van der Waals surface area contributed by atoms with Crippen LogP contribution in [0.2, 0.25) is 0 Å². The number of carbonyl (C=O) groups is 1. The van der Waals surface area contributed by atoms with Crippen molar-refractivity contribution in [1.82, 2.24) is 0 Å². The molecular weight excluding hydrogens is 724 g/mol. The lowest BCUT2D eigenvalue weighted by atomic mass is 9.66. The maximum Gasteiger partial charge on any atom is 0.310 e. The molecule has 0 spiro atoms. The van der Waals surface area contributed by atoms with Crippen molar-refractivity contribution in [2.45, 2.75) is 69.2 Å². The van der Waals surface area contributed by atoms with Crippen molar-refractivity contribution < 1.29 is 62.0 Å².